The molecule has 0 spiro atoms. The number of halogens is 1. The molecule has 2 aromatic heterocycles. The highest BCUT2D eigenvalue weighted by atomic mass is 19.1. The first-order valence-electron chi connectivity index (χ1n) is 13.4. The zero-order chi connectivity index (χ0) is 26.2. The fourth-order valence-electron chi connectivity index (χ4n) is 5.72. The van der Waals surface area contributed by atoms with Crippen LogP contribution in [0.15, 0.2) is 41.2 Å². The second-order valence-corrected chi connectivity index (χ2v) is 10.3. The van der Waals surface area contributed by atoms with Crippen LogP contribution in [0, 0.1) is 12.7 Å². The molecule has 4 heterocycles. The van der Waals surface area contributed by atoms with Gasteiger partial charge < -0.3 is 14.3 Å². The molecule has 6 rings (SSSR count). The normalized spacial score (nSPS) is 16.7. The molecule has 2 aromatic carbocycles. The Hall–Kier alpha value is -3.88. The molecule has 0 N–H and O–H groups in total. The number of fused-ring (bicyclic) bond motifs is 1. The van der Waals surface area contributed by atoms with Gasteiger partial charge in [0, 0.05) is 55.0 Å². The first-order valence-corrected chi connectivity index (χ1v) is 13.4. The molecule has 2 saturated heterocycles. The number of nitrogens with zero attached hydrogens (tertiary/aromatic N) is 6. The highest BCUT2D eigenvalue weighted by Crippen LogP contribution is 2.37. The van der Waals surface area contributed by atoms with Gasteiger partial charge in [0.1, 0.15) is 18.0 Å². The van der Waals surface area contributed by atoms with Crippen molar-refractivity contribution in [3.05, 3.63) is 59.8 Å². The van der Waals surface area contributed by atoms with Crippen molar-refractivity contribution in [3.63, 3.8) is 0 Å². The summed E-state index contributed by atoms with van der Waals surface area (Å²) in [5, 5.41) is 4.80. The summed E-state index contributed by atoms with van der Waals surface area (Å²) in [7, 11) is 0. The van der Waals surface area contributed by atoms with E-state index in [0.29, 0.717) is 23.2 Å². The number of hydrogen-bond donors (Lipinski definition) is 0. The zero-order valence-corrected chi connectivity index (χ0v) is 21.8. The molecule has 0 radical (unpaired) electrons. The fraction of sp³-hybridized carbons (Fsp3) is 0.414. The molecule has 0 saturated carbocycles. The molecule has 2 fully saturated rings. The maximum atomic E-state index is 15.0. The van der Waals surface area contributed by atoms with Gasteiger partial charge in [-0.05, 0) is 68.0 Å². The quantitative estimate of drug-likeness (QED) is 0.331. The van der Waals surface area contributed by atoms with Gasteiger partial charge in [0.25, 0.3) is 0 Å². The summed E-state index contributed by atoms with van der Waals surface area (Å²) in [6.45, 7) is 6.34. The summed E-state index contributed by atoms with van der Waals surface area (Å²) >= 11 is 0. The average molecular weight is 515 g/mol. The third-order valence-electron chi connectivity index (χ3n) is 7.66. The third kappa shape index (κ3) is 4.50. The van der Waals surface area contributed by atoms with E-state index < -0.39 is 0 Å². The summed E-state index contributed by atoms with van der Waals surface area (Å²) in [6.07, 6.45) is 6.54. The number of amides is 1. The van der Waals surface area contributed by atoms with Crippen molar-refractivity contribution in [2.45, 2.75) is 58.3 Å². The molecule has 8 nitrogen and oxygen atoms in total. The van der Waals surface area contributed by atoms with E-state index >= 15 is 4.39 Å². The molecule has 0 bridgehead atoms. The SMILES string of the molecule is CCCc1noc(C2CCN(c3ncnc4c(-c5ccc(N6CCCC6=O)c(C)c5)cc(F)cc34)CC2)n1. The zero-order valence-electron chi connectivity index (χ0n) is 21.8. The van der Waals surface area contributed by atoms with E-state index in [1.54, 1.807) is 6.33 Å². The summed E-state index contributed by atoms with van der Waals surface area (Å²) in [4.78, 5) is 30.0. The Labute approximate surface area is 220 Å². The van der Waals surface area contributed by atoms with Crippen molar-refractivity contribution in [2.75, 3.05) is 29.4 Å². The van der Waals surface area contributed by atoms with E-state index in [2.05, 4.69) is 31.9 Å². The number of aryl methyl sites for hydroxylation is 2. The molecular formula is C29H31FN6O2. The van der Waals surface area contributed by atoms with Crippen molar-refractivity contribution in [2.24, 2.45) is 0 Å². The van der Waals surface area contributed by atoms with Gasteiger partial charge in [-0.3, -0.25) is 4.79 Å². The third-order valence-corrected chi connectivity index (χ3v) is 7.66. The fourth-order valence-corrected chi connectivity index (χ4v) is 5.72. The Kier molecular flexibility index (Phi) is 6.51. The molecule has 2 aliphatic rings. The number of carbonyl (C=O) groups excluding carboxylic acids is 1. The Bertz CT molecular complexity index is 1490. The van der Waals surface area contributed by atoms with Crippen molar-refractivity contribution in [1.82, 2.24) is 20.1 Å². The van der Waals surface area contributed by atoms with Crippen LogP contribution in [0.4, 0.5) is 15.9 Å². The number of aromatic nitrogens is 4. The van der Waals surface area contributed by atoms with Crippen LogP contribution >= 0.6 is 0 Å². The van der Waals surface area contributed by atoms with Crippen molar-refractivity contribution < 1.29 is 13.7 Å². The number of piperidine rings is 1. The number of anilines is 2. The molecule has 38 heavy (non-hydrogen) atoms. The van der Waals surface area contributed by atoms with Crippen molar-refractivity contribution >= 4 is 28.3 Å². The average Bonchev–Trinajstić information content (AvgIpc) is 3.57. The van der Waals surface area contributed by atoms with Gasteiger partial charge in [-0.2, -0.15) is 4.98 Å². The first-order chi connectivity index (χ1) is 18.5. The van der Waals surface area contributed by atoms with Crippen molar-refractivity contribution in [1.29, 1.82) is 0 Å². The molecule has 9 heteroatoms. The minimum absolute atomic E-state index is 0.152. The molecule has 196 valence electrons. The number of carbonyl (C=O) groups is 1. The number of hydrogen-bond acceptors (Lipinski definition) is 7. The van der Waals surface area contributed by atoms with Gasteiger partial charge in [-0.25, -0.2) is 14.4 Å². The summed E-state index contributed by atoms with van der Waals surface area (Å²) in [5.74, 6) is 2.26. The molecular weight excluding hydrogens is 483 g/mol. The smallest absolute Gasteiger partial charge is 0.229 e. The maximum Gasteiger partial charge on any atom is 0.229 e. The van der Waals surface area contributed by atoms with Crippen LogP contribution in [0.25, 0.3) is 22.0 Å². The summed E-state index contributed by atoms with van der Waals surface area (Å²) < 4.78 is 20.5. The minimum atomic E-state index is -0.329. The van der Waals surface area contributed by atoms with E-state index in [0.717, 1.165) is 85.8 Å². The molecule has 1 amide bonds. The Morgan fingerprint density at radius 3 is 2.68 bits per heavy atom. The first kappa shape index (κ1) is 24.5. The monoisotopic (exact) mass is 514 g/mol. The standard InChI is InChI=1S/C29H31FN6O2/c1-3-5-25-33-29(38-34-25)19-9-12-35(13-10-19)28-23-16-21(30)15-22(27(23)31-17-32-28)20-7-8-24(18(2)14-20)36-11-4-6-26(36)37/h7-8,14-17,19H,3-6,9-13H2,1-2H3. The van der Waals surface area contributed by atoms with Crippen LogP contribution in [0.2, 0.25) is 0 Å². The van der Waals surface area contributed by atoms with E-state index in [1.165, 1.54) is 12.1 Å². The van der Waals surface area contributed by atoms with Crippen molar-refractivity contribution in [3.8, 4) is 11.1 Å². The second kappa shape index (κ2) is 10.1. The van der Waals surface area contributed by atoms with Gasteiger partial charge in [-0.1, -0.05) is 18.1 Å². The van der Waals surface area contributed by atoms with Gasteiger partial charge in [0.05, 0.1) is 5.52 Å². The lowest BCUT2D eigenvalue weighted by atomic mass is 9.96. The number of benzene rings is 2. The molecule has 0 atom stereocenters. The van der Waals surface area contributed by atoms with Crippen LogP contribution in [-0.4, -0.2) is 45.7 Å². The lowest BCUT2D eigenvalue weighted by Gasteiger charge is -2.32. The maximum absolute atomic E-state index is 15.0. The second-order valence-electron chi connectivity index (χ2n) is 10.3. The van der Waals surface area contributed by atoms with Gasteiger partial charge in [0.15, 0.2) is 5.82 Å². The van der Waals surface area contributed by atoms with Crippen LogP contribution in [-0.2, 0) is 11.2 Å². The molecule has 0 unspecified atom stereocenters. The lowest BCUT2D eigenvalue weighted by Crippen LogP contribution is -2.33. The topological polar surface area (TPSA) is 88.3 Å². The molecule has 2 aliphatic heterocycles. The Morgan fingerprint density at radius 2 is 1.95 bits per heavy atom. The number of rotatable bonds is 6. The van der Waals surface area contributed by atoms with Crippen LogP contribution < -0.4 is 9.80 Å². The minimum Gasteiger partial charge on any atom is -0.356 e. The Balaban J connectivity index is 1.29. The highest BCUT2D eigenvalue weighted by Gasteiger charge is 2.28. The predicted octanol–water partition coefficient (Wildman–Crippen LogP) is 5.59. The highest BCUT2D eigenvalue weighted by molar-refractivity contribution is 6.00. The van der Waals surface area contributed by atoms with Gasteiger partial charge >= 0.3 is 0 Å². The predicted molar refractivity (Wildman–Crippen MR) is 144 cm³/mol. The largest absolute Gasteiger partial charge is 0.356 e. The van der Waals surface area contributed by atoms with E-state index in [1.807, 2.05) is 30.0 Å². The molecule has 0 aliphatic carbocycles. The van der Waals surface area contributed by atoms with Gasteiger partial charge in [0.2, 0.25) is 11.8 Å². The molecule has 4 aromatic rings. The lowest BCUT2D eigenvalue weighted by molar-refractivity contribution is -0.117. The van der Waals surface area contributed by atoms with Crippen LogP contribution in [0.5, 0.6) is 0 Å². The van der Waals surface area contributed by atoms with E-state index in [-0.39, 0.29) is 17.6 Å². The van der Waals surface area contributed by atoms with Gasteiger partial charge in [-0.15, -0.1) is 0 Å². The van der Waals surface area contributed by atoms with Crippen LogP contribution in [0.1, 0.15) is 62.2 Å². The summed E-state index contributed by atoms with van der Waals surface area (Å²) in [6, 6.07) is 8.98. The summed E-state index contributed by atoms with van der Waals surface area (Å²) in [5.41, 5.74) is 4.19. The Morgan fingerprint density at radius 1 is 1.11 bits per heavy atom. The van der Waals surface area contributed by atoms with E-state index in [4.69, 9.17) is 4.52 Å². The van der Waals surface area contributed by atoms with E-state index in [9.17, 15) is 4.79 Å². The van der Waals surface area contributed by atoms with Crippen LogP contribution in [0.3, 0.4) is 0 Å².